The van der Waals surface area contributed by atoms with Gasteiger partial charge in [0.15, 0.2) is 11.5 Å². The van der Waals surface area contributed by atoms with E-state index in [-0.39, 0.29) is 5.91 Å². The summed E-state index contributed by atoms with van der Waals surface area (Å²) in [6.45, 7) is 1.30. The predicted octanol–water partition coefficient (Wildman–Crippen LogP) is 2.76. The van der Waals surface area contributed by atoms with E-state index in [1.165, 1.54) is 0 Å². The minimum atomic E-state index is -0.230. The second-order valence-electron chi connectivity index (χ2n) is 6.08. The minimum Gasteiger partial charge on any atom is -0.493 e. The molecule has 26 heavy (non-hydrogen) atoms. The van der Waals surface area contributed by atoms with Gasteiger partial charge in [0.1, 0.15) is 12.1 Å². The Morgan fingerprint density at radius 3 is 2.85 bits per heavy atom. The van der Waals surface area contributed by atoms with E-state index in [0.717, 1.165) is 12.1 Å². The smallest absolute Gasteiger partial charge is 0.257 e. The quantitative estimate of drug-likeness (QED) is 0.682. The number of H-pyrrole nitrogens is 1. The number of rotatable bonds is 7. The van der Waals surface area contributed by atoms with Gasteiger partial charge in [0.25, 0.3) is 5.91 Å². The van der Waals surface area contributed by atoms with Crippen molar-refractivity contribution in [2.75, 3.05) is 39.7 Å². The first-order valence-corrected chi connectivity index (χ1v) is 8.27. The average molecular weight is 354 g/mol. The molecule has 0 bridgehead atoms. The van der Waals surface area contributed by atoms with Crippen LogP contribution in [0.15, 0.2) is 42.7 Å². The number of carbonyl (C=O) groups excluding carboxylic acids is 1. The minimum absolute atomic E-state index is 0.230. The predicted molar refractivity (Wildman–Crippen MR) is 101 cm³/mol. The van der Waals surface area contributed by atoms with Crippen LogP contribution in [0.5, 0.6) is 11.5 Å². The number of nitrogens with one attached hydrogen (secondary N) is 2. The molecule has 0 radical (unpaired) electrons. The molecule has 0 aliphatic carbocycles. The summed E-state index contributed by atoms with van der Waals surface area (Å²) in [7, 11) is 5.55. The van der Waals surface area contributed by atoms with Crippen molar-refractivity contribution in [2.24, 2.45) is 0 Å². The number of anilines is 1. The van der Waals surface area contributed by atoms with Crippen molar-refractivity contribution in [2.45, 2.75) is 0 Å². The van der Waals surface area contributed by atoms with Gasteiger partial charge in [-0.2, -0.15) is 0 Å². The lowest BCUT2D eigenvalue weighted by atomic mass is 10.1. The van der Waals surface area contributed by atoms with Gasteiger partial charge in [-0.15, -0.1) is 0 Å². The molecule has 0 atom stereocenters. The number of benzene rings is 2. The van der Waals surface area contributed by atoms with Crippen molar-refractivity contribution in [1.82, 2.24) is 14.9 Å². The van der Waals surface area contributed by atoms with Gasteiger partial charge >= 0.3 is 0 Å². The maximum absolute atomic E-state index is 12.7. The Morgan fingerprint density at radius 2 is 2.08 bits per heavy atom. The molecule has 2 aromatic carbocycles. The molecule has 2 N–H and O–H groups in total. The number of carbonyl (C=O) groups is 1. The van der Waals surface area contributed by atoms with E-state index in [1.54, 1.807) is 37.7 Å². The van der Waals surface area contributed by atoms with Crippen LogP contribution in [0.3, 0.4) is 0 Å². The molecule has 1 aromatic heterocycles. The average Bonchev–Trinajstić information content (AvgIpc) is 3.10. The highest BCUT2D eigenvalue weighted by atomic mass is 16.5. The zero-order valence-corrected chi connectivity index (χ0v) is 15.1. The summed E-state index contributed by atoms with van der Waals surface area (Å²) in [5, 5.41) is 2.89. The number of para-hydroxylation sites is 1. The molecule has 0 fully saturated rings. The molecule has 7 heteroatoms. The van der Waals surface area contributed by atoms with Crippen LogP contribution < -0.4 is 14.8 Å². The van der Waals surface area contributed by atoms with Crippen molar-refractivity contribution >= 4 is 22.6 Å². The molecule has 3 rings (SSSR count). The Hall–Kier alpha value is -3.06. The Bertz CT molecular complexity index is 905. The highest BCUT2D eigenvalue weighted by molar-refractivity contribution is 6.11. The van der Waals surface area contributed by atoms with E-state index in [0.29, 0.717) is 34.9 Å². The van der Waals surface area contributed by atoms with Crippen molar-refractivity contribution < 1.29 is 14.3 Å². The number of likely N-dealkylation sites (N-methyl/N-ethyl adjacent to an activating group) is 1. The maximum atomic E-state index is 12.7. The number of methoxy groups -OCH3 is 1. The summed E-state index contributed by atoms with van der Waals surface area (Å²) in [5.41, 5.74) is 2.60. The maximum Gasteiger partial charge on any atom is 0.257 e. The molecule has 3 aromatic rings. The van der Waals surface area contributed by atoms with Crippen molar-refractivity contribution in [3.63, 3.8) is 0 Å². The van der Waals surface area contributed by atoms with Gasteiger partial charge in [0.2, 0.25) is 0 Å². The van der Waals surface area contributed by atoms with Crippen molar-refractivity contribution in [3.05, 3.63) is 48.3 Å². The number of fused-ring (bicyclic) bond motifs is 1. The van der Waals surface area contributed by atoms with Crippen LogP contribution in [0.2, 0.25) is 0 Å². The fourth-order valence-electron chi connectivity index (χ4n) is 2.55. The molecular formula is C19H22N4O3. The van der Waals surface area contributed by atoms with E-state index in [9.17, 15) is 4.79 Å². The molecule has 0 unspecified atom stereocenters. The van der Waals surface area contributed by atoms with Crippen molar-refractivity contribution in [3.8, 4) is 11.5 Å². The highest BCUT2D eigenvalue weighted by Crippen LogP contribution is 2.30. The lowest BCUT2D eigenvalue weighted by molar-refractivity contribution is 0.102. The van der Waals surface area contributed by atoms with Crippen LogP contribution in [-0.2, 0) is 0 Å². The molecule has 0 saturated carbocycles. The van der Waals surface area contributed by atoms with Crippen LogP contribution in [0.4, 0.5) is 5.69 Å². The Morgan fingerprint density at radius 1 is 1.23 bits per heavy atom. The highest BCUT2D eigenvalue weighted by Gasteiger charge is 2.13. The summed E-state index contributed by atoms with van der Waals surface area (Å²) in [4.78, 5) is 21.9. The van der Waals surface area contributed by atoms with Crippen LogP contribution in [0.25, 0.3) is 11.0 Å². The summed E-state index contributed by atoms with van der Waals surface area (Å²) < 4.78 is 11.1. The van der Waals surface area contributed by atoms with E-state index >= 15 is 0 Å². The second kappa shape index (κ2) is 7.88. The zero-order valence-electron chi connectivity index (χ0n) is 15.1. The molecule has 1 heterocycles. The summed E-state index contributed by atoms with van der Waals surface area (Å²) in [6, 6.07) is 10.8. The van der Waals surface area contributed by atoms with Crippen LogP contribution in [0.1, 0.15) is 10.4 Å². The number of hydrogen-bond donors (Lipinski definition) is 2. The first kappa shape index (κ1) is 17.8. The van der Waals surface area contributed by atoms with E-state index in [1.807, 2.05) is 31.1 Å². The lowest BCUT2D eigenvalue weighted by Gasteiger charge is -2.15. The molecule has 1 amide bonds. The second-order valence-corrected chi connectivity index (χ2v) is 6.08. The topological polar surface area (TPSA) is 79.5 Å². The SMILES string of the molecule is COc1ccc(NC(=O)c2cccc3[nH]cnc23)cc1OCCN(C)C. The standard InChI is InChI=1S/C19H22N4O3/c1-23(2)9-10-26-17-11-13(7-8-16(17)25-3)22-19(24)14-5-4-6-15-18(14)21-12-20-15/h4-8,11-12H,9-10H2,1-3H3,(H,20,21)(H,22,24). The molecule has 0 aliphatic heterocycles. The molecular weight excluding hydrogens is 332 g/mol. The zero-order chi connectivity index (χ0) is 18.5. The largest absolute Gasteiger partial charge is 0.493 e. The van der Waals surface area contributed by atoms with Crippen LogP contribution in [0, 0.1) is 0 Å². The van der Waals surface area contributed by atoms with Crippen molar-refractivity contribution in [1.29, 1.82) is 0 Å². The van der Waals surface area contributed by atoms with Gasteiger partial charge in [0, 0.05) is 18.3 Å². The number of aromatic nitrogens is 2. The van der Waals surface area contributed by atoms with Gasteiger partial charge in [0.05, 0.1) is 24.5 Å². The third-order valence-corrected chi connectivity index (χ3v) is 3.91. The Kier molecular flexibility index (Phi) is 5.38. The summed E-state index contributed by atoms with van der Waals surface area (Å²) in [6.07, 6.45) is 1.57. The number of amides is 1. The number of aromatic amines is 1. The molecule has 7 nitrogen and oxygen atoms in total. The Balaban J connectivity index is 1.78. The van der Waals surface area contributed by atoms with E-state index in [2.05, 4.69) is 15.3 Å². The third-order valence-electron chi connectivity index (χ3n) is 3.91. The normalized spacial score (nSPS) is 10.9. The first-order chi connectivity index (χ1) is 12.6. The third kappa shape index (κ3) is 3.94. The van der Waals surface area contributed by atoms with Crippen LogP contribution >= 0.6 is 0 Å². The molecule has 0 aliphatic rings. The van der Waals surface area contributed by atoms with E-state index < -0.39 is 0 Å². The first-order valence-electron chi connectivity index (χ1n) is 8.27. The fraction of sp³-hybridized carbons (Fsp3) is 0.263. The van der Waals surface area contributed by atoms with E-state index in [4.69, 9.17) is 9.47 Å². The number of ether oxygens (including phenoxy) is 2. The number of hydrogen-bond acceptors (Lipinski definition) is 5. The summed E-state index contributed by atoms with van der Waals surface area (Å²) >= 11 is 0. The van der Waals surface area contributed by atoms with Gasteiger partial charge in [-0.05, 0) is 38.4 Å². The number of imidazole rings is 1. The molecule has 0 spiro atoms. The fourth-order valence-corrected chi connectivity index (χ4v) is 2.55. The van der Waals surface area contributed by atoms with Gasteiger partial charge in [-0.25, -0.2) is 4.98 Å². The monoisotopic (exact) mass is 354 g/mol. The van der Waals surface area contributed by atoms with Gasteiger partial charge < -0.3 is 24.7 Å². The lowest BCUT2D eigenvalue weighted by Crippen LogP contribution is -2.19. The summed E-state index contributed by atoms with van der Waals surface area (Å²) in [5.74, 6) is 0.980. The molecule has 136 valence electrons. The number of nitrogens with zero attached hydrogens (tertiary/aromatic N) is 2. The van der Waals surface area contributed by atoms with Gasteiger partial charge in [-0.1, -0.05) is 6.07 Å². The molecule has 0 saturated heterocycles. The Labute approximate surface area is 151 Å². The van der Waals surface area contributed by atoms with Crippen LogP contribution in [-0.4, -0.2) is 55.1 Å². The van der Waals surface area contributed by atoms with Gasteiger partial charge in [-0.3, -0.25) is 4.79 Å².